The second-order valence-electron chi connectivity index (χ2n) is 5.79. The Morgan fingerprint density at radius 1 is 1.37 bits per heavy atom. The lowest BCUT2D eigenvalue weighted by Gasteiger charge is -2.33. The summed E-state index contributed by atoms with van der Waals surface area (Å²) in [5, 5.41) is 0. The third-order valence-corrected chi connectivity index (χ3v) is 4.14. The maximum atomic E-state index is 10.8. The van der Waals surface area contributed by atoms with E-state index in [1.54, 1.807) is 0 Å². The Morgan fingerprint density at radius 2 is 2.05 bits per heavy atom. The van der Waals surface area contributed by atoms with Gasteiger partial charge in [-0.15, -0.1) is 0 Å². The molecule has 3 nitrogen and oxygen atoms in total. The second kappa shape index (κ2) is 6.20. The van der Waals surface area contributed by atoms with Crippen molar-refractivity contribution in [2.75, 3.05) is 38.6 Å². The van der Waals surface area contributed by atoms with Crippen LogP contribution in [0.4, 0.5) is 5.69 Å². The largest absolute Gasteiger partial charge is 0.374 e. The number of piperidine rings is 1. The summed E-state index contributed by atoms with van der Waals surface area (Å²) in [5.74, 6) is 0.784. The van der Waals surface area contributed by atoms with Gasteiger partial charge in [-0.25, -0.2) is 0 Å². The van der Waals surface area contributed by atoms with E-state index in [2.05, 4.69) is 36.9 Å². The first-order chi connectivity index (χ1) is 9.10. The van der Waals surface area contributed by atoms with E-state index in [0.717, 1.165) is 24.3 Å². The Kier molecular flexibility index (Phi) is 4.59. The smallest absolute Gasteiger partial charge is 0.150 e. The van der Waals surface area contributed by atoms with E-state index >= 15 is 0 Å². The number of nitrogens with zero attached hydrogens (tertiary/aromatic N) is 2. The highest BCUT2D eigenvalue weighted by Gasteiger charge is 2.18. The van der Waals surface area contributed by atoms with Crippen molar-refractivity contribution in [1.29, 1.82) is 0 Å². The molecule has 1 aliphatic rings. The molecule has 0 bridgehead atoms. The molecular weight excluding hydrogens is 236 g/mol. The molecule has 0 aromatic heterocycles. The molecule has 0 unspecified atom stereocenters. The van der Waals surface area contributed by atoms with Crippen LogP contribution in [-0.4, -0.2) is 44.9 Å². The zero-order valence-corrected chi connectivity index (χ0v) is 12.2. The molecule has 0 atom stereocenters. The number of likely N-dealkylation sites (tertiary alicyclic amines) is 1. The Balaban J connectivity index is 1.99. The quantitative estimate of drug-likeness (QED) is 0.777. The van der Waals surface area contributed by atoms with Gasteiger partial charge in [0, 0.05) is 24.8 Å². The predicted octanol–water partition coefficient (Wildman–Crippen LogP) is 2.59. The third-order valence-electron chi connectivity index (χ3n) is 4.14. The molecule has 0 amide bonds. The van der Waals surface area contributed by atoms with Crippen LogP contribution in [0.25, 0.3) is 0 Å². The Bertz CT molecular complexity index is 436. The monoisotopic (exact) mass is 260 g/mol. The molecule has 0 radical (unpaired) electrons. The van der Waals surface area contributed by atoms with Crippen LogP contribution in [0.15, 0.2) is 18.2 Å². The highest BCUT2D eigenvalue weighted by atomic mass is 16.1. The van der Waals surface area contributed by atoms with Gasteiger partial charge in [-0.05, 0) is 69.6 Å². The van der Waals surface area contributed by atoms with Crippen molar-refractivity contribution in [3.63, 3.8) is 0 Å². The molecule has 3 heteroatoms. The normalized spacial score (nSPS) is 17.4. The summed E-state index contributed by atoms with van der Waals surface area (Å²) in [6.45, 7) is 5.60. The first-order valence-electron chi connectivity index (χ1n) is 7.05. The van der Waals surface area contributed by atoms with Crippen LogP contribution in [0.2, 0.25) is 0 Å². The fraction of sp³-hybridized carbons (Fsp3) is 0.562. The van der Waals surface area contributed by atoms with Crippen molar-refractivity contribution >= 4 is 12.0 Å². The number of hydrogen-bond acceptors (Lipinski definition) is 3. The molecule has 0 saturated carbocycles. The number of aryl methyl sites for hydroxylation is 1. The maximum Gasteiger partial charge on any atom is 0.150 e. The lowest BCUT2D eigenvalue weighted by atomic mass is 9.96. The summed E-state index contributed by atoms with van der Waals surface area (Å²) >= 11 is 0. The molecule has 0 N–H and O–H groups in total. The van der Waals surface area contributed by atoms with Crippen LogP contribution in [0.1, 0.15) is 28.8 Å². The zero-order chi connectivity index (χ0) is 13.8. The van der Waals surface area contributed by atoms with Crippen molar-refractivity contribution in [2.24, 2.45) is 5.92 Å². The molecule has 0 aliphatic carbocycles. The number of rotatable bonds is 4. The van der Waals surface area contributed by atoms with E-state index in [1.165, 1.54) is 37.2 Å². The van der Waals surface area contributed by atoms with Crippen molar-refractivity contribution in [1.82, 2.24) is 4.90 Å². The van der Waals surface area contributed by atoms with Gasteiger partial charge >= 0.3 is 0 Å². The molecule has 1 aromatic carbocycles. The molecule has 19 heavy (non-hydrogen) atoms. The molecule has 0 spiro atoms. The van der Waals surface area contributed by atoms with Crippen molar-refractivity contribution in [3.8, 4) is 0 Å². The van der Waals surface area contributed by atoms with Crippen LogP contribution in [-0.2, 0) is 0 Å². The zero-order valence-electron chi connectivity index (χ0n) is 12.2. The van der Waals surface area contributed by atoms with Crippen LogP contribution in [0.5, 0.6) is 0 Å². The lowest BCUT2D eigenvalue weighted by molar-refractivity contribution is 0.112. The Labute approximate surface area is 116 Å². The van der Waals surface area contributed by atoms with Crippen LogP contribution >= 0.6 is 0 Å². The van der Waals surface area contributed by atoms with Gasteiger partial charge in [0.2, 0.25) is 0 Å². The maximum absolute atomic E-state index is 10.8. The van der Waals surface area contributed by atoms with Gasteiger partial charge in [0.05, 0.1) is 0 Å². The van der Waals surface area contributed by atoms with Crippen LogP contribution < -0.4 is 4.90 Å². The molecular formula is C16H24N2O. The van der Waals surface area contributed by atoms with E-state index in [4.69, 9.17) is 0 Å². The highest BCUT2D eigenvalue weighted by Crippen LogP contribution is 2.23. The number of carbonyl (C=O) groups excluding carboxylic acids is 1. The fourth-order valence-electron chi connectivity index (χ4n) is 2.91. The summed E-state index contributed by atoms with van der Waals surface area (Å²) in [4.78, 5) is 15.5. The summed E-state index contributed by atoms with van der Waals surface area (Å²) in [6.07, 6.45) is 3.48. The van der Waals surface area contributed by atoms with E-state index in [9.17, 15) is 4.79 Å². The number of carbonyl (C=O) groups is 1. The molecule has 2 rings (SSSR count). The van der Waals surface area contributed by atoms with Crippen LogP contribution in [0, 0.1) is 12.8 Å². The highest BCUT2D eigenvalue weighted by molar-refractivity contribution is 5.76. The molecule has 1 fully saturated rings. The van der Waals surface area contributed by atoms with Gasteiger partial charge in [-0.3, -0.25) is 4.79 Å². The number of anilines is 1. The van der Waals surface area contributed by atoms with Crippen molar-refractivity contribution in [3.05, 3.63) is 29.3 Å². The third kappa shape index (κ3) is 3.57. The summed E-state index contributed by atoms with van der Waals surface area (Å²) in [6, 6.07) is 5.93. The first-order valence-corrected chi connectivity index (χ1v) is 7.05. The lowest BCUT2D eigenvalue weighted by Crippen LogP contribution is -2.35. The molecule has 1 aliphatic heterocycles. The Morgan fingerprint density at radius 3 is 2.63 bits per heavy atom. The van der Waals surface area contributed by atoms with Crippen molar-refractivity contribution in [2.45, 2.75) is 19.8 Å². The minimum absolute atomic E-state index is 0.758. The minimum atomic E-state index is 0.758. The van der Waals surface area contributed by atoms with Gasteiger partial charge in [0.1, 0.15) is 6.29 Å². The molecule has 104 valence electrons. The van der Waals surface area contributed by atoms with Gasteiger partial charge < -0.3 is 9.80 Å². The number of hydrogen-bond donors (Lipinski definition) is 0. The van der Waals surface area contributed by atoms with Crippen LogP contribution in [0.3, 0.4) is 0 Å². The number of aldehydes is 1. The van der Waals surface area contributed by atoms with Gasteiger partial charge in [0.25, 0.3) is 0 Å². The number of benzene rings is 1. The molecule has 1 saturated heterocycles. The van der Waals surface area contributed by atoms with E-state index in [0.29, 0.717) is 0 Å². The van der Waals surface area contributed by atoms with Gasteiger partial charge in [0.15, 0.2) is 0 Å². The summed E-state index contributed by atoms with van der Waals surface area (Å²) in [5.41, 5.74) is 3.18. The average Bonchev–Trinajstić information content (AvgIpc) is 2.41. The van der Waals surface area contributed by atoms with Gasteiger partial charge in [-0.1, -0.05) is 0 Å². The molecule has 1 aromatic rings. The van der Waals surface area contributed by atoms with Gasteiger partial charge in [-0.2, -0.15) is 0 Å². The first kappa shape index (κ1) is 14.1. The summed E-state index contributed by atoms with van der Waals surface area (Å²) in [7, 11) is 4.35. The predicted molar refractivity (Wildman–Crippen MR) is 80.1 cm³/mol. The van der Waals surface area contributed by atoms with Crippen molar-refractivity contribution < 1.29 is 4.79 Å². The standard InChI is InChI=1S/C16H24N2O/c1-13-10-15(12-19)4-5-16(13)18(3)11-14-6-8-17(2)9-7-14/h4-5,10,12,14H,6-9,11H2,1-3H3. The van der Waals surface area contributed by atoms with E-state index in [1.807, 2.05) is 12.1 Å². The SMILES string of the molecule is Cc1cc(C=O)ccc1N(C)CC1CCN(C)CC1. The van der Waals surface area contributed by atoms with E-state index in [-0.39, 0.29) is 0 Å². The minimum Gasteiger partial charge on any atom is -0.374 e. The average molecular weight is 260 g/mol. The Hall–Kier alpha value is -1.35. The molecule has 1 heterocycles. The topological polar surface area (TPSA) is 23.6 Å². The summed E-state index contributed by atoms with van der Waals surface area (Å²) < 4.78 is 0. The second-order valence-corrected chi connectivity index (χ2v) is 5.79. The van der Waals surface area contributed by atoms with E-state index < -0.39 is 0 Å². The fourth-order valence-corrected chi connectivity index (χ4v) is 2.91.